The first kappa shape index (κ1) is 19.2. The molecule has 0 saturated carbocycles. The Morgan fingerprint density at radius 2 is 1.89 bits per heavy atom. The quantitative estimate of drug-likeness (QED) is 0.246. The summed E-state index contributed by atoms with van der Waals surface area (Å²) in [5.74, 6) is 12.6. The number of hydrogen-bond acceptors (Lipinski definition) is 5. The molecule has 0 amide bonds. The number of nitrogens with one attached hydrogen (secondary N) is 1. The van der Waals surface area contributed by atoms with Crippen LogP contribution < -0.4 is 21.8 Å². The molecule has 6 heteroatoms. The molecule has 27 heavy (non-hydrogen) atoms. The predicted molar refractivity (Wildman–Crippen MR) is 114 cm³/mol. The molecular weight excluding hydrogens is 356 g/mol. The van der Waals surface area contributed by atoms with Gasteiger partial charge in [-0.25, -0.2) is 5.84 Å². The van der Waals surface area contributed by atoms with E-state index in [-0.39, 0.29) is 0 Å². The van der Waals surface area contributed by atoms with Crippen molar-refractivity contribution >= 4 is 27.3 Å². The zero-order valence-electron chi connectivity index (χ0n) is 15.7. The van der Waals surface area contributed by atoms with Crippen LogP contribution >= 0.6 is 11.3 Å². The zero-order chi connectivity index (χ0) is 19.2. The van der Waals surface area contributed by atoms with Crippen molar-refractivity contribution in [2.24, 2.45) is 16.8 Å². The number of thiophene rings is 1. The summed E-state index contributed by atoms with van der Waals surface area (Å²) in [5, 5.41) is 7.20. The molecule has 0 unspecified atom stereocenters. The molecule has 3 aromatic rings. The standard InChI is InChI=1S/C21H26N4OS/c1-14(2)19-13-27-20-9-5-16(11-18(19)20)12-26-17-7-3-15(4-8-17)6-10-21(24-22)25-23/h3-5,7-9,11,13-14H,6,10,12,22-23H2,1-2H3,(H,24,25). The molecule has 142 valence electrons. The molecule has 1 heterocycles. The van der Waals surface area contributed by atoms with E-state index in [9.17, 15) is 0 Å². The number of aryl methyl sites for hydroxylation is 1. The van der Waals surface area contributed by atoms with Crippen LogP contribution in [0.25, 0.3) is 10.1 Å². The van der Waals surface area contributed by atoms with E-state index >= 15 is 0 Å². The minimum Gasteiger partial charge on any atom is -0.489 e. The zero-order valence-corrected chi connectivity index (χ0v) is 16.6. The highest BCUT2D eigenvalue weighted by molar-refractivity contribution is 7.17. The summed E-state index contributed by atoms with van der Waals surface area (Å²) in [4.78, 5) is 0. The summed E-state index contributed by atoms with van der Waals surface area (Å²) < 4.78 is 7.30. The lowest BCUT2D eigenvalue weighted by Crippen LogP contribution is -2.31. The number of hydrazine groups is 1. The average molecular weight is 383 g/mol. The van der Waals surface area contributed by atoms with E-state index in [1.807, 2.05) is 23.5 Å². The fourth-order valence-electron chi connectivity index (χ4n) is 2.99. The molecule has 3 rings (SSSR count). The summed E-state index contributed by atoms with van der Waals surface area (Å²) in [5.41, 5.74) is 6.27. The highest BCUT2D eigenvalue weighted by Crippen LogP contribution is 2.32. The smallest absolute Gasteiger partial charge is 0.136 e. The molecule has 0 fully saturated rings. The Morgan fingerprint density at radius 3 is 2.56 bits per heavy atom. The summed E-state index contributed by atoms with van der Waals surface area (Å²) in [6.07, 6.45) is 1.49. The maximum Gasteiger partial charge on any atom is 0.136 e. The van der Waals surface area contributed by atoms with Crippen LogP contribution in [0.3, 0.4) is 0 Å². The summed E-state index contributed by atoms with van der Waals surface area (Å²) in [7, 11) is 0. The summed E-state index contributed by atoms with van der Waals surface area (Å²) >= 11 is 1.81. The molecule has 0 aliphatic heterocycles. The minimum atomic E-state index is 0.529. The number of nitrogens with two attached hydrogens (primary N) is 2. The lowest BCUT2D eigenvalue weighted by molar-refractivity contribution is 0.306. The Kier molecular flexibility index (Phi) is 6.32. The maximum absolute atomic E-state index is 5.97. The number of rotatable bonds is 7. The van der Waals surface area contributed by atoms with Crippen LogP contribution in [0.5, 0.6) is 5.75 Å². The highest BCUT2D eigenvalue weighted by atomic mass is 32.1. The number of amidine groups is 1. The van der Waals surface area contributed by atoms with Crippen LogP contribution in [-0.4, -0.2) is 5.84 Å². The first-order chi connectivity index (χ1) is 13.1. The van der Waals surface area contributed by atoms with Gasteiger partial charge in [0.1, 0.15) is 18.2 Å². The van der Waals surface area contributed by atoms with Crippen molar-refractivity contribution in [3.05, 3.63) is 64.5 Å². The van der Waals surface area contributed by atoms with Crippen LogP contribution in [0, 0.1) is 0 Å². The Morgan fingerprint density at radius 1 is 1.15 bits per heavy atom. The van der Waals surface area contributed by atoms with E-state index in [2.05, 4.69) is 60.1 Å². The van der Waals surface area contributed by atoms with E-state index in [0.29, 0.717) is 24.8 Å². The Labute approximate surface area is 164 Å². The van der Waals surface area contributed by atoms with Gasteiger partial charge in [-0.15, -0.1) is 11.3 Å². The van der Waals surface area contributed by atoms with Crippen LogP contribution in [0.2, 0.25) is 0 Å². The molecule has 0 aliphatic carbocycles. The number of hydrogen-bond donors (Lipinski definition) is 3. The average Bonchev–Trinajstić information content (AvgIpc) is 3.11. The van der Waals surface area contributed by atoms with Crippen LogP contribution in [0.1, 0.15) is 42.9 Å². The fraction of sp³-hybridized carbons (Fsp3) is 0.286. The first-order valence-electron chi connectivity index (χ1n) is 9.06. The summed E-state index contributed by atoms with van der Waals surface area (Å²) in [6, 6.07) is 14.7. The van der Waals surface area contributed by atoms with E-state index in [4.69, 9.17) is 16.4 Å². The number of hydrazone groups is 1. The Balaban J connectivity index is 1.61. The van der Waals surface area contributed by atoms with Gasteiger partial charge >= 0.3 is 0 Å². The Bertz CT molecular complexity index is 916. The van der Waals surface area contributed by atoms with Gasteiger partial charge in [0.15, 0.2) is 0 Å². The van der Waals surface area contributed by atoms with E-state index < -0.39 is 0 Å². The van der Waals surface area contributed by atoms with Crippen molar-refractivity contribution in [1.29, 1.82) is 0 Å². The van der Waals surface area contributed by atoms with Gasteiger partial charge in [0.25, 0.3) is 0 Å². The second-order valence-corrected chi connectivity index (χ2v) is 7.74. The lowest BCUT2D eigenvalue weighted by Gasteiger charge is -2.09. The fourth-order valence-corrected chi connectivity index (χ4v) is 4.09. The predicted octanol–water partition coefficient (Wildman–Crippen LogP) is 4.27. The molecule has 5 N–H and O–H groups in total. The van der Waals surface area contributed by atoms with Gasteiger partial charge in [-0.3, -0.25) is 0 Å². The van der Waals surface area contributed by atoms with Gasteiger partial charge in [-0.05, 0) is 64.1 Å². The second kappa shape index (κ2) is 8.88. The SMILES string of the molecule is CC(C)c1csc2ccc(COc3ccc(CC/C(=N/N)NN)cc3)cc12. The molecule has 1 aromatic heterocycles. The minimum absolute atomic E-state index is 0.529. The van der Waals surface area contributed by atoms with Gasteiger partial charge in [0.05, 0.1) is 0 Å². The molecule has 0 saturated heterocycles. The van der Waals surface area contributed by atoms with Gasteiger partial charge in [0, 0.05) is 11.1 Å². The molecule has 2 aromatic carbocycles. The second-order valence-electron chi connectivity index (χ2n) is 6.83. The molecule has 0 spiro atoms. The highest BCUT2D eigenvalue weighted by Gasteiger charge is 2.08. The van der Waals surface area contributed by atoms with Gasteiger partial charge in [-0.2, -0.15) is 5.10 Å². The molecule has 0 aliphatic rings. The van der Waals surface area contributed by atoms with Gasteiger partial charge in [0.2, 0.25) is 0 Å². The van der Waals surface area contributed by atoms with Crippen LogP contribution in [0.4, 0.5) is 0 Å². The Hall–Kier alpha value is -2.57. The van der Waals surface area contributed by atoms with Gasteiger partial charge in [-0.1, -0.05) is 32.0 Å². The first-order valence-corrected chi connectivity index (χ1v) is 9.93. The van der Waals surface area contributed by atoms with E-state index in [1.54, 1.807) is 0 Å². The van der Waals surface area contributed by atoms with Crippen LogP contribution in [0.15, 0.2) is 52.9 Å². The third-order valence-corrected chi connectivity index (χ3v) is 5.57. The molecule has 0 bridgehead atoms. The van der Waals surface area contributed by atoms with Crippen molar-refractivity contribution in [3.63, 3.8) is 0 Å². The largest absolute Gasteiger partial charge is 0.489 e. The van der Waals surface area contributed by atoms with E-state index in [0.717, 1.165) is 12.2 Å². The van der Waals surface area contributed by atoms with Crippen LogP contribution in [-0.2, 0) is 13.0 Å². The van der Waals surface area contributed by atoms with Crippen molar-refractivity contribution in [1.82, 2.24) is 5.43 Å². The number of nitrogens with zero attached hydrogens (tertiary/aromatic N) is 1. The lowest BCUT2D eigenvalue weighted by atomic mass is 10.0. The van der Waals surface area contributed by atoms with Crippen molar-refractivity contribution in [3.8, 4) is 5.75 Å². The number of benzene rings is 2. The van der Waals surface area contributed by atoms with Crippen molar-refractivity contribution in [2.45, 2.75) is 39.2 Å². The molecular formula is C21H26N4OS. The normalized spacial score (nSPS) is 11.9. The number of ether oxygens (including phenoxy) is 1. The van der Waals surface area contributed by atoms with Gasteiger partial charge < -0.3 is 16.0 Å². The monoisotopic (exact) mass is 382 g/mol. The third kappa shape index (κ3) is 4.78. The maximum atomic E-state index is 5.97. The third-order valence-electron chi connectivity index (χ3n) is 4.59. The molecule has 0 radical (unpaired) electrons. The topological polar surface area (TPSA) is 85.7 Å². The van der Waals surface area contributed by atoms with E-state index in [1.165, 1.54) is 26.8 Å². The molecule has 0 atom stereocenters. The number of fused-ring (bicyclic) bond motifs is 1. The molecule has 5 nitrogen and oxygen atoms in total. The van der Waals surface area contributed by atoms with Crippen molar-refractivity contribution < 1.29 is 4.74 Å². The van der Waals surface area contributed by atoms with Crippen molar-refractivity contribution in [2.75, 3.05) is 0 Å². The summed E-state index contributed by atoms with van der Waals surface area (Å²) in [6.45, 7) is 5.03.